The number of halogens is 1. The van der Waals surface area contributed by atoms with Crippen molar-refractivity contribution in [2.24, 2.45) is 5.92 Å². The third-order valence-electron chi connectivity index (χ3n) is 3.11. The predicted octanol–water partition coefficient (Wildman–Crippen LogP) is 6.08. The molecule has 0 saturated heterocycles. The van der Waals surface area contributed by atoms with E-state index in [0.717, 1.165) is 23.8 Å². The van der Waals surface area contributed by atoms with Crippen LogP contribution in [0.4, 0.5) is 5.82 Å². The van der Waals surface area contributed by atoms with Crippen molar-refractivity contribution in [1.29, 1.82) is 5.26 Å². The Kier molecular flexibility index (Phi) is 12.0. The molecule has 2 aromatic rings. The van der Waals surface area contributed by atoms with Crippen molar-refractivity contribution in [3.63, 3.8) is 0 Å². The van der Waals surface area contributed by atoms with Crippen LogP contribution in [0.2, 0.25) is 5.02 Å². The van der Waals surface area contributed by atoms with E-state index < -0.39 is 0 Å². The second kappa shape index (κ2) is 13.1. The molecule has 0 spiro atoms. The number of aromatic nitrogens is 1. The molecule has 4 heteroatoms. The van der Waals surface area contributed by atoms with Crippen molar-refractivity contribution >= 4 is 17.4 Å². The van der Waals surface area contributed by atoms with E-state index in [1.807, 2.05) is 38.1 Å². The Morgan fingerprint density at radius 1 is 1.24 bits per heavy atom. The Hall–Kier alpha value is -2.18. The van der Waals surface area contributed by atoms with Gasteiger partial charge in [-0.1, -0.05) is 50.6 Å². The normalized spacial score (nSPS) is 9.32. The second-order valence-corrected chi connectivity index (χ2v) is 6.41. The highest BCUT2D eigenvalue weighted by molar-refractivity contribution is 6.30. The zero-order chi connectivity index (χ0) is 19.2. The molecule has 0 radical (unpaired) electrons. The molecular formula is C21H30ClN3. The van der Waals surface area contributed by atoms with Gasteiger partial charge in [-0.15, -0.1) is 6.58 Å². The molecule has 3 nitrogen and oxygen atoms in total. The maximum absolute atomic E-state index is 7.62. The highest BCUT2D eigenvalue weighted by Gasteiger charge is 2.08. The van der Waals surface area contributed by atoms with E-state index in [1.165, 1.54) is 11.3 Å². The first kappa shape index (κ1) is 22.8. The number of hydrogen-bond acceptors (Lipinski definition) is 2. The Morgan fingerprint density at radius 2 is 1.76 bits per heavy atom. The highest BCUT2D eigenvalue weighted by Crippen LogP contribution is 2.18. The van der Waals surface area contributed by atoms with Crippen LogP contribution in [-0.4, -0.2) is 4.57 Å². The standard InChI is InChI=1S/C15H19ClN2.C3H5N.C3H6/c1-11(2)10-18-14(7-8-15(18)17)9-12-3-5-13(16)6-4-12;1-2-3-4;1-3-2/h3-8,11H,9-10,17H2,1-2H3;2H2,1H3;3H,1H2,2H3. The fourth-order valence-corrected chi connectivity index (χ4v) is 2.21. The first-order valence-electron chi connectivity index (χ1n) is 8.51. The number of nitrogens with zero attached hydrogens (tertiary/aromatic N) is 2. The summed E-state index contributed by atoms with van der Waals surface area (Å²) in [6, 6.07) is 14.0. The SMILES string of the molecule is C=CC.CC(C)Cn1c(N)ccc1Cc1ccc(Cl)cc1.CCC#N. The summed E-state index contributed by atoms with van der Waals surface area (Å²) in [5.41, 5.74) is 8.51. The summed E-state index contributed by atoms with van der Waals surface area (Å²) in [5, 5.41) is 8.40. The van der Waals surface area contributed by atoms with Crippen LogP contribution in [0.5, 0.6) is 0 Å². The summed E-state index contributed by atoms with van der Waals surface area (Å²) in [6.07, 6.45) is 3.26. The van der Waals surface area contributed by atoms with Crippen molar-refractivity contribution in [3.8, 4) is 6.07 Å². The van der Waals surface area contributed by atoms with Crippen molar-refractivity contribution < 1.29 is 0 Å². The summed E-state index contributed by atoms with van der Waals surface area (Å²) in [4.78, 5) is 0. The molecule has 0 atom stereocenters. The molecule has 0 aliphatic heterocycles. The monoisotopic (exact) mass is 359 g/mol. The van der Waals surface area contributed by atoms with E-state index in [9.17, 15) is 0 Å². The molecule has 0 aliphatic carbocycles. The smallest absolute Gasteiger partial charge is 0.103 e. The largest absolute Gasteiger partial charge is 0.385 e. The van der Waals surface area contributed by atoms with Gasteiger partial charge in [0.1, 0.15) is 5.82 Å². The van der Waals surface area contributed by atoms with Crippen LogP contribution in [0.15, 0.2) is 49.1 Å². The number of anilines is 1. The lowest BCUT2D eigenvalue weighted by atomic mass is 10.1. The van der Waals surface area contributed by atoms with Crippen LogP contribution < -0.4 is 5.73 Å². The summed E-state index contributed by atoms with van der Waals surface area (Å²) >= 11 is 5.89. The van der Waals surface area contributed by atoms with E-state index in [1.54, 1.807) is 6.08 Å². The van der Waals surface area contributed by atoms with Gasteiger partial charge in [0, 0.05) is 30.1 Å². The lowest BCUT2D eigenvalue weighted by Crippen LogP contribution is -2.11. The number of nitrogen functional groups attached to an aromatic ring is 1. The number of rotatable bonds is 4. The van der Waals surface area contributed by atoms with Crippen LogP contribution >= 0.6 is 11.6 Å². The van der Waals surface area contributed by atoms with Gasteiger partial charge in [0.05, 0.1) is 6.07 Å². The van der Waals surface area contributed by atoms with Gasteiger partial charge in [-0.25, -0.2) is 0 Å². The average molecular weight is 360 g/mol. The molecule has 1 aromatic carbocycles. The van der Waals surface area contributed by atoms with E-state index >= 15 is 0 Å². The first-order valence-corrected chi connectivity index (χ1v) is 8.89. The fourth-order valence-electron chi connectivity index (χ4n) is 2.08. The zero-order valence-electron chi connectivity index (χ0n) is 15.8. The number of nitrogens with two attached hydrogens (primary N) is 1. The molecule has 0 aliphatic rings. The predicted molar refractivity (Wildman–Crippen MR) is 110 cm³/mol. The number of benzene rings is 1. The Morgan fingerprint density at radius 3 is 2.20 bits per heavy atom. The molecule has 0 saturated carbocycles. The second-order valence-electron chi connectivity index (χ2n) is 5.98. The van der Waals surface area contributed by atoms with Crippen molar-refractivity contribution in [3.05, 3.63) is 65.3 Å². The molecule has 0 bridgehead atoms. The summed E-state index contributed by atoms with van der Waals surface area (Å²) in [5.74, 6) is 1.43. The van der Waals surface area contributed by atoms with Crippen LogP contribution in [0.25, 0.3) is 0 Å². The molecule has 1 aromatic heterocycles. The van der Waals surface area contributed by atoms with Crippen LogP contribution in [0.1, 0.15) is 45.4 Å². The Labute approximate surface area is 157 Å². The fraction of sp³-hybridized carbons (Fsp3) is 0.381. The third kappa shape index (κ3) is 9.64. The molecule has 0 unspecified atom stereocenters. The highest BCUT2D eigenvalue weighted by atomic mass is 35.5. The quantitative estimate of drug-likeness (QED) is 0.672. The topological polar surface area (TPSA) is 54.7 Å². The van der Waals surface area contributed by atoms with E-state index in [-0.39, 0.29) is 0 Å². The van der Waals surface area contributed by atoms with Gasteiger partial charge in [0.15, 0.2) is 0 Å². The number of allylic oxidation sites excluding steroid dienone is 1. The third-order valence-corrected chi connectivity index (χ3v) is 3.36. The molecule has 0 fully saturated rings. The van der Waals surface area contributed by atoms with Gasteiger partial charge in [-0.05, 0) is 42.7 Å². The van der Waals surface area contributed by atoms with Crippen LogP contribution in [0.3, 0.4) is 0 Å². The minimum absolute atomic E-state index is 0.587. The number of nitriles is 1. The van der Waals surface area contributed by atoms with Crippen LogP contribution in [-0.2, 0) is 13.0 Å². The van der Waals surface area contributed by atoms with Gasteiger partial charge in [-0.2, -0.15) is 5.26 Å². The van der Waals surface area contributed by atoms with E-state index in [0.29, 0.717) is 12.3 Å². The van der Waals surface area contributed by atoms with Gasteiger partial charge >= 0.3 is 0 Å². The molecule has 2 rings (SSSR count). The lowest BCUT2D eigenvalue weighted by molar-refractivity contribution is 0.518. The van der Waals surface area contributed by atoms with Gasteiger partial charge < -0.3 is 10.3 Å². The first-order chi connectivity index (χ1) is 11.9. The summed E-state index contributed by atoms with van der Waals surface area (Å²) in [6.45, 7) is 12.4. The van der Waals surface area contributed by atoms with Gasteiger partial charge in [0.2, 0.25) is 0 Å². The van der Waals surface area contributed by atoms with Crippen LogP contribution in [0, 0.1) is 17.2 Å². The maximum atomic E-state index is 7.62. The number of hydrogen-bond donors (Lipinski definition) is 1. The Bertz CT molecular complexity index is 649. The molecule has 25 heavy (non-hydrogen) atoms. The Balaban J connectivity index is 0.000000708. The van der Waals surface area contributed by atoms with E-state index in [4.69, 9.17) is 22.6 Å². The summed E-state index contributed by atoms with van der Waals surface area (Å²) < 4.78 is 2.19. The van der Waals surface area contributed by atoms with Gasteiger partial charge in [0.25, 0.3) is 0 Å². The van der Waals surface area contributed by atoms with Crippen molar-refractivity contribution in [2.75, 3.05) is 5.73 Å². The molecular weight excluding hydrogens is 330 g/mol. The zero-order valence-corrected chi connectivity index (χ0v) is 16.6. The van der Waals surface area contributed by atoms with Gasteiger partial charge in [-0.3, -0.25) is 0 Å². The minimum atomic E-state index is 0.587. The molecule has 0 amide bonds. The molecule has 136 valence electrons. The molecule has 2 N–H and O–H groups in total. The van der Waals surface area contributed by atoms with E-state index in [2.05, 4.69) is 43.2 Å². The maximum Gasteiger partial charge on any atom is 0.103 e. The molecule has 1 heterocycles. The van der Waals surface area contributed by atoms with Crippen molar-refractivity contribution in [2.45, 2.75) is 47.1 Å². The minimum Gasteiger partial charge on any atom is -0.385 e. The summed E-state index contributed by atoms with van der Waals surface area (Å²) in [7, 11) is 0. The lowest BCUT2D eigenvalue weighted by Gasteiger charge is -2.13. The average Bonchev–Trinajstić information content (AvgIpc) is 2.90. The van der Waals surface area contributed by atoms with Crippen molar-refractivity contribution in [1.82, 2.24) is 4.57 Å².